The van der Waals surface area contributed by atoms with Gasteiger partial charge in [-0.3, -0.25) is 0 Å². The number of hydrogen-bond donors (Lipinski definition) is 1. The largest absolute Gasteiger partial charge is 0.330 e. The van der Waals surface area contributed by atoms with E-state index in [0.29, 0.717) is 5.41 Å². The Balaban J connectivity index is 2.33. The van der Waals surface area contributed by atoms with Gasteiger partial charge in [-0.2, -0.15) is 0 Å². The zero-order chi connectivity index (χ0) is 9.90. The number of nitrogens with two attached hydrogens (primary N) is 1. The molecule has 0 unspecified atom stereocenters. The molecule has 2 N–H and O–H groups in total. The maximum Gasteiger partial charge on any atom is 0.0184 e. The maximum absolute atomic E-state index is 5.80. The van der Waals surface area contributed by atoms with Gasteiger partial charge in [-0.15, -0.1) is 0 Å². The number of rotatable bonds is 5. The van der Waals surface area contributed by atoms with Crippen molar-refractivity contribution < 1.29 is 0 Å². The van der Waals surface area contributed by atoms with E-state index in [4.69, 9.17) is 5.73 Å². The molecular formula is C11H22N2. The molecule has 0 bridgehead atoms. The molecule has 2 nitrogen and oxygen atoms in total. The molecule has 0 saturated heterocycles. The second kappa shape index (κ2) is 4.25. The van der Waals surface area contributed by atoms with E-state index in [-0.39, 0.29) is 0 Å². The highest BCUT2D eigenvalue weighted by Gasteiger charge is 2.36. The van der Waals surface area contributed by atoms with Gasteiger partial charge >= 0.3 is 0 Å². The SMILES string of the molecule is C=C(C)CN(C)CC1(CN)CCC1. The van der Waals surface area contributed by atoms with Crippen molar-refractivity contribution in [3.05, 3.63) is 12.2 Å². The standard InChI is InChI=1S/C11H22N2/c1-10(2)7-13(3)9-11(8-12)5-4-6-11/h1,4-9,12H2,2-3H3. The van der Waals surface area contributed by atoms with Gasteiger partial charge in [0.2, 0.25) is 0 Å². The fraction of sp³-hybridized carbons (Fsp3) is 0.818. The molecule has 76 valence electrons. The summed E-state index contributed by atoms with van der Waals surface area (Å²) in [6, 6.07) is 0. The highest BCUT2D eigenvalue weighted by Crippen LogP contribution is 2.40. The summed E-state index contributed by atoms with van der Waals surface area (Å²) in [5, 5.41) is 0. The Morgan fingerprint density at radius 1 is 1.54 bits per heavy atom. The van der Waals surface area contributed by atoms with Crippen molar-refractivity contribution >= 4 is 0 Å². The Kier molecular flexibility index (Phi) is 3.51. The molecular weight excluding hydrogens is 160 g/mol. The van der Waals surface area contributed by atoms with Gasteiger partial charge in [0.25, 0.3) is 0 Å². The Labute approximate surface area is 81.8 Å². The van der Waals surface area contributed by atoms with Crippen molar-refractivity contribution in [2.45, 2.75) is 26.2 Å². The van der Waals surface area contributed by atoms with Crippen molar-refractivity contribution in [2.24, 2.45) is 11.1 Å². The zero-order valence-corrected chi connectivity index (χ0v) is 8.97. The van der Waals surface area contributed by atoms with Crippen LogP contribution < -0.4 is 5.73 Å². The molecule has 1 saturated carbocycles. The summed E-state index contributed by atoms with van der Waals surface area (Å²) < 4.78 is 0. The molecule has 13 heavy (non-hydrogen) atoms. The summed E-state index contributed by atoms with van der Waals surface area (Å²) >= 11 is 0. The van der Waals surface area contributed by atoms with Gasteiger partial charge in [0, 0.05) is 13.1 Å². The first kappa shape index (κ1) is 10.7. The van der Waals surface area contributed by atoms with E-state index >= 15 is 0 Å². The van der Waals surface area contributed by atoms with Crippen LogP contribution >= 0.6 is 0 Å². The van der Waals surface area contributed by atoms with E-state index in [0.717, 1.165) is 19.6 Å². The molecule has 0 spiro atoms. The van der Waals surface area contributed by atoms with E-state index in [2.05, 4.69) is 25.5 Å². The lowest BCUT2D eigenvalue weighted by atomic mass is 9.68. The van der Waals surface area contributed by atoms with Gasteiger partial charge < -0.3 is 10.6 Å². The Bertz CT molecular complexity index is 177. The third kappa shape index (κ3) is 2.82. The minimum absolute atomic E-state index is 0.435. The fourth-order valence-electron chi connectivity index (χ4n) is 2.19. The van der Waals surface area contributed by atoms with Crippen LogP contribution in [0.25, 0.3) is 0 Å². The van der Waals surface area contributed by atoms with Gasteiger partial charge in [0.1, 0.15) is 0 Å². The van der Waals surface area contributed by atoms with Crippen LogP contribution in [0.2, 0.25) is 0 Å². The molecule has 1 aliphatic carbocycles. The second-order valence-corrected chi connectivity index (χ2v) is 4.69. The van der Waals surface area contributed by atoms with Crippen LogP contribution in [0.1, 0.15) is 26.2 Å². The summed E-state index contributed by atoms with van der Waals surface area (Å²) in [5.74, 6) is 0. The zero-order valence-electron chi connectivity index (χ0n) is 8.97. The summed E-state index contributed by atoms with van der Waals surface area (Å²) in [7, 11) is 2.16. The summed E-state index contributed by atoms with van der Waals surface area (Å²) in [4.78, 5) is 2.34. The molecule has 0 aromatic carbocycles. The molecule has 0 heterocycles. The molecule has 0 amide bonds. The van der Waals surface area contributed by atoms with Crippen molar-refractivity contribution in [1.29, 1.82) is 0 Å². The Morgan fingerprint density at radius 3 is 2.46 bits per heavy atom. The van der Waals surface area contributed by atoms with Crippen LogP contribution in [0.15, 0.2) is 12.2 Å². The van der Waals surface area contributed by atoms with Crippen molar-refractivity contribution in [2.75, 3.05) is 26.7 Å². The van der Waals surface area contributed by atoms with Crippen LogP contribution in [-0.2, 0) is 0 Å². The highest BCUT2D eigenvalue weighted by molar-refractivity contribution is 4.95. The lowest BCUT2D eigenvalue weighted by Gasteiger charge is -2.43. The van der Waals surface area contributed by atoms with Gasteiger partial charge in [0.15, 0.2) is 0 Å². The Hall–Kier alpha value is -0.340. The minimum Gasteiger partial charge on any atom is -0.330 e. The van der Waals surface area contributed by atoms with Crippen LogP contribution in [0.3, 0.4) is 0 Å². The van der Waals surface area contributed by atoms with Gasteiger partial charge in [-0.1, -0.05) is 18.6 Å². The molecule has 0 aromatic heterocycles. The second-order valence-electron chi connectivity index (χ2n) is 4.69. The third-order valence-corrected chi connectivity index (χ3v) is 2.99. The van der Waals surface area contributed by atoms with E-state index in [9.17, 15) is 0 Å². The molecule has 0 aliphatic heterocycles. The predicted octanol–water partition coefficient (Wildman–Crippen LogP) is 1.62. The summed E-state index contributed by atoms with van der Waals surface area (Å²) in [6.07, 6.45) is 3.98. The molecule has 1 fully saturated rings. The first-order chi connectivity index (χ1) is 6.08. The normalized spacial score (nSPS) is 20.0. The van der Waals surface area contributed by atoms with Crippen LogP contribution in [0.4, 0.5) is 0 Å². The maximum atomic E-state index is 5.80. The molecule has 0 aromatic rings. The van der Waals surface area contributed by atoms with E-state index < -0.39 is 0 Å². The number of likely N-dealkylation sites (N-methyl/N-ethyl adjacent to an activating group) is 1. The molecule has 2 heteroatoms. The molecule has 1 aliphatic rings. The van der Waals surface area contributed by atoms with E-state index in [1.807, 2.05) is 0 Å². The highest BCUT2D eigenvalue weighted by atomic mass is 15.1. The van der Waals surface area contributed by atoms with Crippen molar-refractivity contribution in [3.8, 4) is 0 Å². The van der Waals surface area contributed by atoms with Crippen LogP contribution in [0.5, 0.6) is 0 Å². The van der Waals surface area contributed by atoms with E-state index in [1.165, 1.54) is 24.8 Å². The third-order valence-electron chi connectivity index (χ3n) is 2.99. The first-order valence-electron chi connectivity index (χ1n) is 5.11. The smallest absolute Gasteiger partial charge is 0.0184 e. The minimum atomic E-state index is 0.435. The first-order valence-corrected chi connectivity index (χ1v) is 5.11. The lowest BCUT2D eigenvalue weighted by molar-refractivity contribution is 0.0919. The van der Waals surface area contributed by atoms with Gasteiger partial charge in [-0.25, -0.2) is 0 Å². The van der Waals surface area contributed by atoms with Crippen LogP contribution in [-0.4, -0.2) is 31.6 Å². The summed E-state index contributed by atoms with van der Waals surface area (Å²) in [5.41, 5.74) is 7.46. The molecule has 0 radical (unpaired) electrons. The summed E-state index contributed by atoms with van der Waals surface area (Å²) in [6.45, 7) is 8.98. The molecule has 1 rings (SSSR count). The monoisotopic (exact) mass is 182 g/mol. The van der Waals surface area contributed by atoms with Crippen molar-refractivity contribution in [3.63, 3.8) is 0 Å². The average Bonchev–Trinajstić information content (AvgIpc) is 1.95. The van der Waals surface area contributed by atoms with Crippen molar-refractivity contribution in [1.82, 2.24) is 4.90 Å². The van der Waals surface area contributed by atoms with Gasteiger partial charge in [0.05, 0.1) is 0 Å². The van der Waals surface area contributed by atoms with Gasteiger partial charge in [-0.05, 0) is 38.8 Å². The van der Waals surface area contributed by atoms with Crippen LogP contribution in [0, 0.1) is 5.41 Å². The average molecular weight is 182 g/mol. The topological polar surface area (TPSA) is 29.3 Å². The fourth-order valence-corrected chi connectivity index (χ4v) is 2.19. The van der Waals surface area contributed by atoms with E-state index in [1.54, 1.807) is 0 Å². The number of nitrogens with zero attached hydrogens (tertiary/aromatic N) is 1. The Morgan fingerprint density at radius 2 is 2.15 bits per heavy atom. The molecule has 0 atom stereocenters. The quantitative estimate of drug-likeness (QED) is 0.655. The lowest BCUT2D eigenvalue weighted by Crippen LogP contribution is -2.46. The number of hydrogen-bond acceptors (Lipinski definition) is 2. The predicted molar refractivity (Wildman–Crippen MR) is 57.6 cm³/mol.